The summed E-state index contributed by atoms with van der Waals surface area (Å²) in [4.78, 5) is 10.6. The van der Waals surface area contributed by atoms with Gasteiger partial charge in [0.2, 0.25) is 0 Å². The molecule has 72 valence electrons. The average molecular weight is 209 g/mol. The van der Waals surface area contributed by atoms with Crippen LogP contribution in [0.25, 0.3) is 0 Å². The topological polar surface area (TPSA) is 37.3 Å². The van der Waals surface area contributed by atoms with Crippen LogP contribution in [0.15, 0.2) is 18.2 Å². The predicted molar refractivity (Wildman–Crippen MR) is 55.7 cm³/mol. The Morgan fingerprint density at radius 3 is 2.93 bits per heavy atom. The molecule has 14 heavy (non-hydrogen) atoms. The number of halogens is 1. The lowest BCUT2D eigenvalue weighted by atomic mass is 10.1. The number of hydrogen-bond donors (Lipinski definition) is 1. The van der Waals surface area contributed by atoms with Crippen LogP contribution in [0.4, 0.5) is 0 Å². The molecule has 1 rings (SSSR count). The van der Waals surface area contributed by atoms with Crippen molar-refractivity contribution in [3.05, 3.63) is 29.3 Å². The fourth-order valence-corrected chi connectivity index (χ4v) is 1.09. The predicted octanol–water partition coefficient (Wildman–Crippen LogP) is 2.19. The number of carbonyl (C=O) groups excluding carboxylic acids is 1. The molecule has 0 saturated heterocycles. The van der Waals surface area contributed by atoms with E-state index in [0.717, 1.165) is 0 Å². The van der Waals surface area contributed by atoms with Crippen LogP contribution in [0.3, 0.4) is 0 Å². The lowest BCUT2D eigenvalue weighted by Crippen LogP contribution is -1.87. The van der Waals surface area contributed by atoms with Crippen molar-refractivity contribution in [3.8, 4) is 17.6 Å². The maximum absolute atomic E-state index is 10.6. The summed E-state index contributed by atoms with van der Waals surface area (Å²) in [5.41, 5.74) is 0.764. The SMILES string of the molecule is O=Cc1c(O)cccc1C#CCCCl. The third-order valence-corrected chi connectivity index (χ3v) is 1.83. The van der Waals surface area contributed by atoms with Crippen LogP contribution in [0.2, 0.25) is 0 Å². The number of rotatable bonds is 2. The highest BCUT2D eigenvalue weighted by molar-refractivity contribution is 6.18. The van der Waals surface area contributed by atoms with Crippen molar-refractivity contribution in [2.45, 2.75) is 6.42 Å². The summed E-state index contributed by atoms with van der Waals surface area (Å²) in [6, 6.07) is 4.79. The summed E-state index contributed by atoms with van der Waals surface area (Å²) < 4.78 is 0. The van der Waals surface area contributed by atoms with E-state index in [9.17, 15) is 9.90 Å². The molecule has 0 aliphatic rings. The highest BCUT2D eigenvalue weighted by Gasteiger charge is 2.03. The first-order chi connectivity index (χ1) is 6.79. The first kappa shape index (κ1) is 10.6. The van der Waals surface area contributed by atoms with Crippen LogP contribution < -0.4 is 0 Å². The Bertz CT molecular complexity index is 388. The lowest BCUT2D eigenvalue weighted by Gasteiger charge is -1.98. The summed E-state index contributed by atoms with van der Waals surface area (Å²) in [5, 5.41) is 9.32. The van der Waals surface area contributed by atoms with Crippen molar-refractivity contribution in [2.24, 2.45) is 0 Å². The van der Waals surface area contributed by atoms with E-state index in [1.807, 2.05) is 0 Å². The Morgan fingerprint density at radius 1 is 1.50 bits per heavy atom. The Labute approximate surface area is 87.5 Å². The molecule has 1 aromatic rings. The smallest absolute Gasteiger partial charge is 0.155 e. The van der Waals surface area contributed by atoms with E-state index in [2.05, 4.69) is 11.8 Å². The third kappa shape index (κ3) is 2.51. The van der Waals surface area contributed by atoms with E-state index >= 15 is 0 Å². The van der Waals surface area contributed by atoms with Gasteiger partial charge in [0.25, 0.3) is 0 Å². The molecule has 3 heteroatoms. The van der Waals surface area contributed by atoms with Gasteiger partial charge >= 0.3 is 0 Å². The van der Waals surface area contributed by atoms with Gasteiger partial charge in [-0.15, -0.1) is 11.6 Å². The number of aldehydes is 1. The third-order valence-electron chi connectivity index (χ3n) is 1.64. The molecule has 1 aromatic carbocycles. The van der Waals surface area contributed by atoms with Gasteiger partial charge in [-0.3, -0.25) is 4.79 Å². The fraction of sp³-hybridized carbons (Fsp3) is 0.182. The average Bonchev–Trinajstić information content (AvgIpc) is 2.18. The number of aromatic hydroxyl groups is 1. The molecule has 2 nitrogen and oxygen atoms in total. The number of hydrogen-bond acceptors (Lipinski definition) is 2. The van der Waals surface area contributed by atoms with Crippen molar-refractivity contribution in [3.63, 3.8) is 0 Å². The molecule has 0 aromatic heterocycles. The van der Waals surface area contributed by atoms with Crippen molar-refractivity contribution >= 4 is 17.9 Å². The van der Waals surface area contributed by atoms with Gasteiger partial charge in [0.1, 0.15) is 5.75 Å². The van der Waals surface area contributed by atoms with Crippen LogP contribution in [0, 0.1) is 11.8 Å². The summed E-state index contributed by atoms with van der Waals surface area (Å²) >= 11 is 5.45. The molecular weight excluding hydrogens is 200 g/mol. The summed E-state index contributed by atoms with van der Waals surface area (Å²) in [7, 11) is 0. The van der Waals surface area contributed by atoms with Crippen molar-refractivity contribution in [1.29, 1.82) is 0 Å². The van der Waals surface area contributed by atoms with E-state index < -0.39 is 0 Å². The largest absolute Gasteiger partial charge is 0.507 e. The molecule has 0 unspecified atom stereocenters. The summed E-state index contributed by atoms with van der Waals surface area (Å²) in [6.07, 6.45) is 1.16. The zero-order valence-corrected chi connectivity index (χ0v) is 8.21. The Morgan fingerprint density at radius 2 is 2.29 bits per heavy atom. The summed E-state index contributed by atoms with van der Waals surface area (Å²) in [6.45, 7) is 0. The van der Waals surface area contributed by atoms with E-state index in [4.69, 9.17) is 11.6 Å². The number of alkyl halides is 1. The zero-order chi connectivity index (χ0) is 10.4. The molecule has 0 radical (unpaired) electrons. The van der Waals surface area contributed by atoms with Gasteiger partial charge in [0.05, 0.1) is 5.56 Å². The van der Waals surface area contributed by atoms with Crippen LogP contribution in [-0.4, -0.2) is 17.3 Å². The maximum Gasteiger partial charge on any atom is 0.155 e. The maximum atomic E-state index is 10.6. The quantitative estimate of drug-likeness (QED) is 0.460. The van der Waals surface area contributed by atoms with Crippen LogP contribution in [0.5, 0.6) is 5.75 Å². The van der Waals surface area contributed by atoms with Gasteiger partial charge in [-0.25, -0.2) is 0 Å². The number of carbonyl (C=O) groups is 1. The van der Waals surface area contributed by atoms with E-state index in [0.29, 0.717) is 24.2 Å². The van der Waals surface area contributed by atoms with Gasteiger partial charge in [0.15, 0.2) is 6.29 Å². The molecule has 0 heterocycles. The van der Waals surface area contributed by atoms with Crippen molar-refractivity contribution in [2.75, 3.05) is 5.88 Å². The van der Waals surface area contributed by atoms with Crippen LogP contribution >= 0.6 is 11.6 Å². The van der Waals surface area contributed by atoms with Crippen molar-refractivity contribution in [1.82, 2.24) is 0 Å². The Hall–Kier alpha value is -1.46. The second-order valence-electron chi connectivity index (χ2n) is 2.60. The van der Waals surface area contributed by atoms with Gasteiger partial charge < -0.3 is 5.11 Å². The van der Waals surface area contributed by atoms with E-state index in [1.165, 1.54) is 6.07 Å². The molecule has 0 atom stereocenters. The van der Waals surface area contributed by atoms with E-state index in [-0.39, 0.29) is 11.3 Å². The van der Waals surface area contributed by atoms with Gasteiger partial charge in [0, 0.05) is 17.9 Å². The van der Waals surface area contributed by atoms with Gasteiger partial charge in [-0.05, 0) is 12.1 Å². The first-order valence-corrected chi connectivity index (χ1v) is 4.65. The molecule has 0 spiro atoms. The zero-order valence-electron chi connectivity index (χ0n) is 7.46. The molecule has 0 amide bonds. The Balaban J connectivity index is 3.04. The highest BCUT2D eigenvalue weighted by Crippen LogP contribution is 2.17. The Kier molecular flexibility index (Phi) is 4.03. The lowest BCUT2D eigenvalue weighted by molar-refractivity contribution is 0.112. The fourth-order valence-electron chi connectivity index (χ4n) is 0.991. The number of phenolic OH excluding ortho intramolecular Hbond substituents is 1. The molecule has 0 saturated carbocycles. The minimum atomic E-state index is -0.0438. The molecule has 0 aliphatic carbocycles. The van der Waals surface area contributed by atoms with E-state index in [1.54, 1.807) is 12.1 Å². The minimum absolute atomic E-state index is 0.0438. The molecule has 1 N–H and O–H groups in total. The number of phenols is 1. The van der Waals surface area contributed by atoms with Crippen molar-refractivity contribution < 1.29 is 9.90 Å². The molecule has 0 aliphatic heterocycles. The molecular formula is C11H9ClO2. The summed E-state index contributed by atoms with van der Waals surface area (Å²) in [5.74, 6) is 6.00. The second-order valence-corrected chi connectivity index (χ2v) is 2.97. The second kappa shape index (κ2) is 5.31. The first-order valence-electron chi connectivity index (χ1n) is 4.11. The number of benzene rings is 1. The monoisotopic (exact) mass is 208 g/mol. The minimum Gasteiger partial charge on any atom is -0.507 e. The van der Waals surface area contributed by atoms with Gasteiger partial charge in [-0.1, -0.05) is 17.9 Å². The molecule has 0 bridgehead atoms. The van der Waals surface area contributed by atoms with Crippen LogP contribution in [-0.2, 0) is 0 Å². The molecule has 0 fully saturated rings. The normalized spacial score (nSPS) is 8.93. The highest BCUT2D eigenvalue weighted by atomic mass is 35.5. The van der Waals surface area contributed by atoms with Gasteiger partial charge in [-0.2, -0.15) is 0 Å². The van der Waals surface area contributed by atoms with Crippen LogP contribution in [0.1, 0.15) is 22.3 Å². The standard InChI is InChI=1S/C11H9ClO2/c12-7-2-1-4-9-5-3-6-11(14)10(9)8-13/h3,5-6,8,14H,2,7H2.